The van der Waals surface area contributed by atoms with E-state index in [9.17, 15) is 0 Å². The van der Waals surface area contributed by atoms with Crippen molar-refractivity contribution < 1.29 is 9.47 Å². The Kier molecular flexibility index (Phi) is 6.90. The predicted molar refractivity (Wildman–Crippen MR) is 155 cm³/mol. The second-order valence-corrected chi connectivity index (χ2v) is 11.4. The summed E-state index contributed by atoms with van der Waals surface area (Å²) in [6, 6.07) is 13.3. The van der Waals surface area contributed by atoms with Gasteiger partial charge in [-0.1, -0.05) is 42.2 Å². The number of hydrogen-bond donors (Lipinski definition) is 0. The van der Waals surface area contributed by atoms with E-state index in [0.717, 1.165) is 33.8 Å². The zero-order valence-corrected chi connectivity index (χ0v) is 23.7. The first-order valence-corrected chi connectivity index (χ1v) is 14.7. The molecule has 0 N–H and O–H groups in total. The van der Waals surface area contributed by atoms with Crippen molar-refractivity contribution in [2.45, 2.75) is 83.5 Å². The molecule has 2 aliphatic carbocycles. The Morgan fingerprint density at radius 2 is 1.49 bits per heavy atom. The van der Waals surface area contributed by atoms with Crippen LogP contribution in [0.25, 0.3) is 22.4 Å². The lowest BCUT2D eigenvalue weighted by Crippen LogP contribution is -2.05. The van der Waals surface area contributed by atoms with Crippen molar-refractivity contribution in [2.75, 3.05) is 7.11 Å². The predicted octanol–water partition coefficient (Wildman–Crippen LogP) is 6.06. The van der Waals surface area contributed by atoms with E-state index in [1.807, 2.05) is 33.8 Å². The summed E-state index contributed by atoms with van der Waals surface area (Å²) in [6.07, 6.45) is 13.8. The van der Waals surface area contributed by atoms with E-state index >= 15 is 0 Å². The second-order valence-electron chi connectivity index (χ2n) is 11.4. The van der Waals surface area contributed by atoms with Gasteiger partial charge in [-0.25, -0.2) is 14.3 Å². The lowest BCUT2D eigenvalue weighted by Gasteiger charge is -2.13. The highest BCUT2D eigenvalue weighted by Crippen LogP contribution is 2.35. The van der Waals surface area contributed by atoms with Gasteiger partial charge in [-0.05, 0) is 68.5 Å². The zero-order valence-electron chi connectivity index (χ0n) is 23.7. The molecular weight excluding hydrogens is 516 g/mol. The number of fused-ring (bicyclic) bond motifs is 1. The fraction of sp³-hybridized carbons (Fsp3) is 0.452. The first-order chi connectivity index (χ1) is 20.1. The standard InChI is InChI=1S/C31H36N8O2/c1-21-11-13-28-27(15-21)32-31(37(28)17-23-18-38(35-33-23)25-7-3-4-8-25)22-12-14-29(30(16-22)40-2)41-20-24-19-39(36-34-24)26-9-5-6-10-26/h11-16,18-19,25-26H,3-10,17,20H2,1-2H3. The molecule has 0 amide bonds. The number of nitrogens with zero attached hydrogens (tertiary/aromatic N) is 8. The highest BCUT2D eigenvalue weighted by atomic mass is 16.5. The Bertz CT molecular complexity index is 1660. The summed E-state index contributed by atoms with van der Waals surface area (Å²) in [5.41, 5.74) is 5.87. The highest BCUT2D eigenvalue weighted by Gasteiger charge is 2.21. The molecule has 2 aromatic carbocycles. The van der Waals surface area contributed by atoms with Gasteiger partial charge >= 0.3 is 0 Å². The average molecular weight is 553 g/mol. The lowest BCUT2D eigenvalue weighted by atomic mass is 10.2. The molecule has 2 fully saturated rings. The minimum Gasteiger partial charge on any atom is -0.493 e. The second kappa shape index (κ2) is 11.0. The maximum atomic E-state index is 6.14. The molecule has 0 aliphatic heterocycles. The van der Waals surface area contributed by atoms with E-state index in [-0.39, 0.29) is 0 Å². The Morgan fingerprint density at radius 3 is 2.20 bits per heavy atom. The van der Waals surface area contributed by atoms with Gasteiger partial charge in [0.1, 0.15) is 23.8 Å². The maximum Gasteiger partial charge on any atom is 0.161 e. The topological polar surface area (TPSA) is 97.7 Å². The van der Waals surface area contributed by atoms with Gasteiger partial charge in [-0.2, -0.15) is 0 Å². The summed E-state index contributed by atoms with van der Waals surface area (Å²) >= 11 is 0. The number of aromatic nitrogens is 8. The number of hydrogen-bond acceptors (Lipinski definition) is 7. The van der Waals surface area contributed by atoms with Crippen molar-refractivity contribution in [1.29, 1.82) is 0 Å². The molecule has 0 saturated heterocycles. The van der Waals surface area contributed by atoms with Gasteiger partial charge in [0.25, 0.3) is 0 Å². The first-order valence-electron chi connectivity index (χ1n) is 14.7. The smallest absolute Gasteiger partial charge is 0.161 e. The van der Waals surface area contributed by atoms with Gasteiger partial charge in [-0.3, -0.25) is 0 Å². The minimum atomic E-state index is 0.330. The summed E-state index contributed by atoms with van der Waals surface area (Å²) in [7, 11) is 1.66. The molecule has 0 spiro atoms. The van der Waals surface area contributed by atoms with Crippen LogP contribution in [0.5, 0.6) is 11.5 Å². The van der Waals surface area contributed by atoms with Crippen LogP contribution in [0.2, 0.25) is 0 Å². The normalized spacial score (nSPS) is 16.2. The Balaban J connectivity index is 1.16. The molecule has 0 radical (unpaired) electrons. The van der Waals surface area contributed by atoms with E-state index < -0.39 is 0 Å². The van der Waals surface area contributed by atoms with Gasteiger partial charge < -0.3 is 14.0 Å². The first kappa shape index (κ1) is 25.7. The largest absolute Gasteiger partial charge is 0.493 e. The van der Waals surface area contributed by atoms with Crippen molar-refractivity contribution in [3.63, 3.8) is 0 Å². The van der Waals surface area contributed by atoms with Crippen LogP contribution in [-0.2, 0) is 13.2 Å². The van der Waals surface area contributed by atoms with Gasteiger partial charge in [-0.15, -0.1) is 10.2 Å². The third kappa shape index (κ3) is 5.18. The average Bonchev–Trinajstić information content (AvgIpc) is 3.82. The Morgan fingerprint density at radius 1 is 0.805 bits per heavy atom. The summed E-state index contributed by atoms with van der Waals surface area (Å²) in [6.45, 7) is 3.00. The molecule has 3 aromatic heterocycles. The Hall–Kier alpha value is -4.21. The van der Waals surface area contributed by atoms with E-state index in [2.05, 4.69) is 56.5 Å². The van der Waals surface area contributed by atoms with Crippen molar-refractivity contribution in [1.82, 2.24) is 39.5 Å². The van der Waals surface area contributed by atoms with Crippen molar-refractivity contribution in [2.24, 2.45) is 0 Å². The number of rotatable bonds is 9. The molecule has 7 rings (SSSR count). The summed E-state index contributed by atoms with van der Waals surface area (Å²) in [5, 5.41) is 17.7. The molecule has 0 atom stereocenters. The van der Waals surface area contributed by atoms with Gasteiger partial charge in [0.05, 0.1) is 49.2 Å². The van der Waals surface area contributed by atoms with E-state index in [0.29, 0.717) is 36.7 Å². The Labute approximate surface area is 239 Å². The number of methoxy groups -OCH3 is 1. The minimum absolute atomic E-state index is 0.330. The van der Waals surface area contributed by atoms with Crippen molar-refractivity contribution in [3.8, 4) is 22.9 Å². The SMILES string of the molecule is COc1cc(-c2nc3cc(C)ccc3n2Cc2cn(C3CCCC3)nn2)ccc1OCc1cn(C2CCCC2)nn1. The maximum absolute atomic E-state index is 6.14. The molecule has 0 bridgehead atoms. The van der Waals surface area contributed by atoms with Crippen LogP contribution in [-0.4, -0.2) is 46.6 Å². The quantitative estimate of drug-likeness (QED) is 0.219. The van der Waals surface area contributed by atoms with Crippen LogP contribution in [0, 0.1) is 6.92 Å². The van der Waals surface area contributed by atoms with Crippen LogP contribution in [0.3, 0.4) is 0 Å². The molecule has 5 aromatic rings. The molecule has 10 heteroatoms. The van der Waals surface area contributed by atoms with Crippen LogP contribution in [0.1, 0.15) is 80.4 Å². The van der Waals surface area contributed by atoms with Crippen LogP contribution < -0.4 is 9.47 Å². The number of benzene rings is 2. The molecule has 2 saturated carbocycles. The molecule has 41 heavy (non-hydrogen) atoms. The molecule has 10 nitrogen and oxygen atoms in total. The van der Waals surface area contributed by atoms with E-state index in [1.54, 1.807) is 7.11 Å². The third-order valence-corrected chi connectivity index (χ3v) is 8.53. The van der Waals surface area contributed by atoms with Crippen LogP contribution >= 0.6 is 0 Å². The highest BCUT2D eigenvalue weighted by molar-refractivity contribution is 5.82. The van der Waals surface area contributed by atoms with Gasteiger partial charge in [0.2, 0.25) is 0 Å². The zero-order chi connectivity index (χ0) is 27.8. The monoisotopic (exact) mass is 552 g/mol. The van der Waals surface area contributed by atoms with E-state index in [1.165, 1.54) is 56.9 Å². The van der Waals surface area contributed by atoms with Crippen LogP contribution in [0.4, 0.5) is 0 Å². The molecule has 212 valence electrons. The summed E-state index contributed by atoms with van der Waals surface area (Å²) in [5.74, 6) is 2.16. The van der Waals surface area contributed by atoms with Crippen molar-refractivity contribution in [3.05, 3.63) is 65.7 Å². The molecular formula is C31H36N8O2. The van der Waals surface area contributed by atoms with Crippen LogP contribution in [0.15, 0.2) is 48.8 Å². The fourth-order valence-electron chi connectivity index (χ4n) is 6.32. The van der Waals surface area contributed by atoms with Gasteiger partial charge in [0.15, 0.2) is 11.5 Å². The lowest BCUT2D eigenvalue weighted by molar-refractivity contribution is 0.280. The third-order valence-electron chi connectivity index (χ3n) is 8.53. The van der Waals surface area contributed by atoms with Crippen molar-refractivity contribution >= 4 is 11.0 Å². The summed E-state index contributed by atoms with van der Waals surface area (Å²) < 4.78 is 18.2. The number of aryl methyl sites for hydroxylation is 1. The molecule has 3 heterocycles. The summed E-state index contributed by atoms with van der Waals surface area (Å²) in [4.78, 5) is 5.05. The fourth-order valence-corrected chi connectivity index (χ4v) is 6.32. The number of imidazole rings is 1. The number of ether oxygens (including phenoxy) is 2. The molecule has 0 unspecified atom stereocenters. The van der Waals surface area contributed by atoms with Gasteiger partial charge in [0, 0.05) is 5.56 Å². The van der Waals surface area contributed by atoms with E-state index in [4.69, 9.17) is 14.5 Å². The molecule has 2 aliphatic rings.